The average Bonchev–Trinajstić information content (AvgIpc) is 2.78. The number of hydrogen-bond donors (Lipinski definition) is 1. The number of nitrogens with one attached hydrogen (secondary N) is 1. The van der Waals surface area contributed by atoms with Crippen LogP contribution in [0.5, 0.6) is 0 Å². The highest BCUT2D eigenvalue weighted by molar-refractivity contribution is 7.89. The van der Waals surface area contributed by atoms with Crippen molar-refractivity contribution in [2.75, 3.05) is 0 Å². The molecule has 0 aliphatic heterocycles. The number of benzene rings is 2. The molecule has 3 rings (SSSR count). The second kappa shape index (κ2) is 5.54. The second-order valence-electron chi connectivity index (χ2n) is 6.43. The van der Waals surface area contributed by atoms with Crippen LogP contribution in [0.3, 0.4) is 0 Å². The minimum atomic E-state index is -3.66. The summed E-state index contributed by atoms with van der Waals surface area (Å²) in [5.74, 6) is 0. The lowest BCUT2D eigenvalue weighted by Crippen LogP contribution is -2.28. The SMILES string of the molecule is CC1(C)CC(NS(=O)(=O)c2ccc(N=O)cc2)c2ccccc21. The maximum atomic E-state index is 12.6. The molecule has 120 valence electrons. The van der Waals surface area contributed by atoms with Gasteiger partial charge in [0.05, 0.1) is 4.90 Å². The molecule has 0 radical (unpaired) electrons. The Balaban J connectivity index is 1.91. The highest BCUT2D eigenvalue weighted by Crippen LogP contribution is 2.44. The van der Waals surface area contributed by atoms with Crippen molar-refractivity contribution in [3.63, 3.8) is 0 Å². The fraction of sp³-hybridized carbons (Fsp3) is 0.294. The van der Waals surface area contributed by atoms with Crippen LogP contribution in [0.25, 0.3) is 0 Å². The molecule has 1 aliphatic carbocycles. The molecule has 23 heavy (non-hydrogen) atoms. The number of hydrogen-bond acceptors (Lipinski definition) is 4. The number of nitrogens with zero attached hydrogens (tertiary/aromatic N) is 1. The fourth-order valence-corrected chi connectivity index (χ4v) is 4.41. The molecular formula is C17H18N2O3S. The number of sulfonamides is 1. The van der Waals surface area contributed by atoms with Crippen LogP contribution < -0.4 is 4.72 Å². The molecule has 5 nitrogen and oxygen atoms in total. The maximum absolute atomic E-state index is 12.6. The normalized spacial score (nSPS) is 19.3. The van der Waals surface area contributed by atoms with Crippen LogP contribution in [0.1, 0.15) is 37.4 Å². The molecule has 0 heterocycles. The number of rotatable bonds is 4. The van der Waals surface area contributed by atoms with Crippen LogP contribution in [-0.2, 0) is 15.4 Å². The summed E-state index contributed by atoms with van der Waals surface area (Å²) >= 11 is 0. The van der Waals surface area contributed by atoms with Crippen LogP contribution >= 0.6 is 0 Å². The fourth-order valence-electron chi connectivity index (χ4n) is 3.19. The first-order valence-electron chi connectivity index (χ1n) is 7.39. The molecule has 6 heteroatoms. The minimum Gasteiger partial charge on any atom is -0.207 e. The summed E-state index contributed by atoms with van der Waals surface area (Å²) in [4.78, 5) is 10.6. The van der Waals surface area contributed by atoms with Gasteiger partial charge < -0.3 is 0 Å². The van der Waals surface area contributed by atoms with Gasteiger partial charge in [0.1, 0.15) is 5.69 Å². The monoisotopic (exact) mass is 330 g/mol. The third kappa shape index (κ3) is 2.92. The predicted molar refractivity (Wildman–Crippen MR) is 89.0 cm³/mol. The van der Waals surface area contributed by atoms with E-state index in [4.69, 9.17) is 0 Å². The molecule has 0 amide bonds. The predicted octanol–water partition coefficient (Wildman–Crippen LogP) is 3.79. The Bertz CT molecular complexity index is 842. The Morgan fingerprint density at radius 3 is 2.39 bits per heavy atom. The van der Waals surface area contributed by atoms with E-state index in [1.54, 1.807) is 0 Å². The van der Waals surface area contributed by atoms with Gasteiger partial charge in [0, 0.05) is 6.04 Å². The van der Waals surface area contributed by atoms with E-state index in [9.17, 15) is 13.3 Å². The molecule has 0 spiro atoms. The van der Waals surface area contributed by atoms with Crippen LogP contribution in [0.2, 0.25) is 0 Å². The van der Waals surface area contributed by atoms with E-state index in [2.05, 4.69) is 23.7 Å². The summed E-state index contributed by atoms with van der Waals surface area (Å²) in [6.45, 7) is 4.23. The van der Waals surface area contributed by atoms with Gasteiger partial charge in [-0.05, 0) is 52.4 Å². The Morgan fingerprint density at radius 1 is 1.09 bits per heavy atom. The van der Waals surface area contributed by atoms with Crippen LogP contribution in [0, 0.1) is 4.91 Å². The molecule has 1 N–H and O–H groups in total. The Kier molecular flexibility index (Phi) is 3.82. The zero-order chi connectivity index (χ0) is 16.7. The van der Waals surface area contributed by atoms with Gasteiger partial charge in [-0.15, -0.1) is 4.91 Å². The molecule has 0 bridgehead atoms. The van der Waals surface area contributed by atoms with E-state index in [0.717, 1.165) is 5.56 Å². The molecule has 1 unspecified atom stereocenters. The minimum absolute atomic E-state index is 0.0743. The van der Waals surface area contributed by atoms with Gasteiger partial charge in [0.15, 0.2) is 0 Å². The lowest BCUT2D eigenvalue weighted by Gasteiger charge is -2.19. The van der Waals surface area contributed by atoms with Crippen molar-refractivity contribution in [2.24, 2.45) is 5.18 Å². The molecule has 0 fully saturated rings. The largest absolute Gasteiger partial charge is 0.241 e. The van der Waals surface area contributed by atoms with Gasteiger partial charge in [-0.25, -0.2) is 13.1 Å². The third-order valence-electron chi connectivity index (χ3n) is 4.33. The van der Waals surface area contributed by atoms with Gasteiger partial charge in [0.2, 0.25) is 10.0 Å². The molecular weight excluding hydrogens is 312 g/mol. The third-order valence-corrected chi connectivity index (χ3v) is 5.82. The first-order valence-corrected chi connectivity index (χ1v) is 8.87. The number of nitroso groups, excluding NO2 is 1. The highest BCUT2D eigenvalue weighted by atomic mass is 32.2. The summed E-state index contributed by atoms with van der Waals surface area (Å²) in [6, 6.07) is 13.2. The van der Waals surface area contributed by atoms with Crippen LogP contribution in [0.4, 0.5) is 5.69 Å². The van der Waals surface area contributed by atoms with Crippen molar-refractivity contribution >= 4 is 15.7 Å². The molecule has 0 aromatic heterocycles. The van der Waals surface area contributed by atoms with E-state index in [0.29, 0.717) is 6.42 Å². The van der Waals surface area contributed by atoms with E-state index < -0.39 is 10.0 Å². The Morgan fingerprint density at radius 2 is 1.74 bits per heavy atom. The van der Waals surface area contributed by atoms with Gasteiger partial charge in [-0.1, -0.05) is 38.1 Å². The molecule has 1 aliphatic rings. The zero-order valence-corrected chi connectivity index (χ0v) is 13.8. The van der Waals surface area contributed by atoms with E-state index in [1.807, 2.05) is 24.3 Å². The van der Waals surface area contributed by atoms with Gasteiger partial charge in [-0.3, -0.25) is 0 Å². The smallest absolute Gasteiger partial charge is 0.207 e. The average molecular weight is 330 g/mol. The molecule has 1 atom stereocenters. The lowest BCUT2D eigenvalue weighted by molar-refractivity contribution is 0.459. The van der Waals surface area contributed by atoms with Gasteiger partial charge in [0.25, 0.3) is 0 Å². The summed E-state index contributed by atoms with van der Waals surface area (Å²) in [7, 11) is -3.66. The lowest BCUT2D eigenvalue weighted by atomic mass is 9.87. The highest BCUT2D eigenvalue weighted by Gasteiger charge is 2.38. The molecule has 2 aromatic carbocycles. The summed E-state index contributed by atoms with van der Waals surface area (Å²) in [5.41, 5.74) is 2.33. The summed E-state index contributed by atoms with van der Waals surface area (Å²) < 4.78 is 28.0. The van der Waals surface area contributed by atoms with Crippen molar-refractivity contribution in [1.29, 1.82) is 0 Å². The Hall–Kier alpha value is -2.05. The van der Waals surface area contributed by atoms with E-state index in [1.165, 1.54) is 29.8 Å². The first-order chi connectivity index (χ1) is 10.8. The molecule has 0 saturated heterocycles. The van der Waals surface area contributed by atoms with Gasteiger partial charge >= 0.3 is 0 Å². The Labute approximate surface area is 135 Å². The molecule has 2 aromatic rings. The van der Waals surface area contributed by atoms with Crippen molar-refractivity contribution in [3.05, 3.63) is 64.6 Å². The maximum Gasteiger partial charge on any atom is 0.241 e. The van der Waals surface area contributed by atoms with Crippen LogP contribution in [-0.4, -0.2) is 8.42 Å². The van der Waals surface area contributed by atoms with E-state index in [-0.39, 0.29) is 22.0 Å². The standard InChI is InChI=1S/C17H18N2O3S/c1-17(2)11-16(14-5-3-4-6-15(14)17)19-23(21,22)13-9-7-12(18-20)8-10-13/h3-10,16,19H,11H2,1-2H3. The van der Waals surface area contributed by atoms with Gasteiger partial charge in [-0.2, -0.15) is 0 Å². The van der Waals surface area contributed by atoms with Crippen molar-refractivity contribution in [3.8, 4) is 0 Å². The van der Waals surface area contributed by atoms with Crippen LogP contribution in [0.15, 0.2) is 58.6 Å². The topological polar surface area (TPSA) is 75.6 Å². The van der Waals surface area contributed by atoms with Crippen molar-refractivity contribution in [2.45, 2.75) is 36.6 Å². The van der Waals surface area contributed by atoms with Crippen molar-refractivity contribution in [1.82, 2.24) is 4.72 Å². The zero-order valence-electron chi connectivity index (χ0n) is 13.0. The summed E-state index contributed by atoms with van der Waals surface area (Å²) in [6.07, 6.45) is 0.708. The second-order valence-corrected chi connectivity index (χ2v) is 8.15. The first kappa shape index (κ1) is 15.8. The van der Waals surface area contributed by atoms with Crippen molar-refractivity contribution < 1.29 is 8.42 Å². The number of fused-ring (bicyclic) bond motifs is 1. The molecule has 0 saturated carbocycles. The summed E-state index contributed by atoms with van der Waals surface area (Å²) in [5, 5.41) is 2.78. The van der Waals surface area contributed by atoms with E-state index >= 15 is 0 Å². The quantitative estimate of drug-likeness (QED) is 0.867.